The van der Waals surface area contributed by atoms with Crippen molar-refractivity contribution >= 4 is 0 Å². The molecule has 0 saturated heterocycles. The lowest BCUT2D eigenvalue weighted by atomic mass is 9.88. The highest BCUT2D eigenvalue weighted by Gasteiger charge is 2.26. The molecule has 2 nitrogen and oxygen atoms in total. The Kier molecular flexibility index (Phi) is 6.28. The molecule has 1 N–H and O–H groups in total. The van der Waals surface area contributed by atoms with Gasteiger partial charge in [0.2, 0.25) is 0 Å². The van der Waals surface area contributed by atoms with Gasteiger partial charge in [0, 0.05) is 7.11 Å². The van der Waals surface area contributed by atoms with Crippen LogP contribution in [0.15, 0.2) is 42.0 Å². The van der Waals surface area contributed by atoms with Crippen molar-refractivity contribution in [3.05, 3.63) is 47.5 Å². The minimum atomic E-state index is 0.104. The summed E-state index contributed by atoms with van der Waals surface area (Å²) in [6.07, 6.45) is 8.72. The predicted octanol–water partition coefficient (Wildman–Crippen LogP) is 4.24. The van der Waals surface area contributed by atoms with Crippen molar-refractivity contribution in [1.82, 2.24) is 5.32 Å². The topological polar surface area (TPSA) is 21.3 Å². The zero-order valence-corrected chi connectivity index (χ0v) is 12.8. The van der Waals surface area contributed by atoms with Gasteiger partial charge in [-0.3, -0.25) is 0 Å². The van der Waals surface area contributed by atoms with Gasteiger partial charge in [-0.2, -0.15) is 0 Å². The van der Waals surface area contributed by atoms with Crippen LogP contribution in [0.5, 0.6) is 0 Å². The molecule has 2 unspecified atom stereocenters. The maximum Gasteiger partial charge on any atom is 0.101 e. The van der Waals surface area contributed by atoms with Crippen molar-refractivity contribution in [1.29, 1.82) is 0 Å². The Morgan fingerprint density at radius 3 is 2.60 bits per heavy atom. The summed E-state index contributed by atoms with van der Waals surface area (Å²) in [5, 5.41) is 3.70. The molecule has 0 aromatic heterocycles. The van der Waals surface area contributed by atoms with Crippen LogP contribution >= 0.6 is 0 Å². The molecular weight excluding hydrogens is 246 g/mol. The SMILES string of the molecule is CCCNC(C1=CCCCC1)C(OC)c1ccccc1. The Bertz CT molecular complexity index is 413. The number of hydrogen-bond acceptors (Lipinski definition) is 2. The first-order valence-corrected chi connectivity index (χ1v) is 7.87. The third kappa shape index (κ3) is 3.94. The van der Waals surface area contributed by atoms with Crippen molar-refractivity contribution < 1.29 is 4.74 Å². The van der Waals surface area contributed by atoms with E-state index in [1.807, 2.05) is 7.11 Å². The standard InChI is InChI=1S/C18H27NO/c1-3-14-19-17(15-10-6-4-7-11-15)18(20-2)16-12-8-5-9-13-16/h5,8-10,12-13,17-19H,3-4,6-7,11,14H2,1-2H3. The maximum absolute atomic E-state index is 5.85. The highest BCUT2D eigenvalue weighted by molar-refractivity contribution is 5.25. The molecule has 2 atom stereocenters. The number of rotatable bonds is 7. The van der Waals surface area contributed by atoms with E-state index in [1.54, 1.807) is 0 Å². The lowest BCUT2D eigenvalue weighted by Crippen LogP contribution is -2.38. The van der Waals surface area contributed by atoms with Gasteiger partial charge in [0.15, 0.2) is 0 Å². The molecule has 0 fully saturated rings. The van der Waals surface area contributed by atoms with Crippen molar-refractivity contribution in [2.24, 2.45) is 0 Å². The van der Waals surface area contributed by atoms with E-state index in [0.29, 0.717) is 6.04 Å². The second-order valence-corrected chi connectivity index (χ2v) is 5.52. The number of methoxy groups -OCH3 is 1. The van der Waals surface area contributed by atoms with Crippen LogP contribution in [0.1, 0.15) is 50.7 Å². The molecule has 0 bridgehead atoms. The minimum Gasteiger partial charge on any atom is -0.375 e. The summed E-state index contributed by atoms with van der Waals surface area (Å²) in [5.41, 5.74) is 2.79. The van der Waals surface area contributed by atoms with E-state index in [1.165, 1.54) is 36.8 Å². The van der Waals surface area contributed by atoms with Crippen molar-refractivity contribution in [2.75, 3.05) is 13.7 Å². The first kappa shape index (κ1) is 15.3. The summed E-state index contributed by atoms with van der Waals surface area (Å²) in [6, 6.07) is 10.9. The molecular formula is C18H27NO. The van der Waals surface area contributed by atoms with E-state index in [4.69, 9.17) is 4.74 Å². The van der Waals surface area contributed by atoms with Crippen LogP contribution in [0.25, 0.3) is 0 Å². The number of ether oxygens (including phenoxy) is 1. The molecule has 1 aliphatic rings. The van der Waals surface area contributed by atoms with Crippen LogP contribution < -0.4 is 5.32 Å². The van der Waals surface area contributed by atoms with Crippen LogP contribution in [0.2, 0.25) is 0 Å². The molecule has 1 aromatic rings. The predicted molar refractivity (Wildman–Crippen MR) is 84.8 cm³/mol. The van der Waals surface area contributed by atoms with Gasteiger partial charge < -0.3 is 10.1 Å². The zero-order valence-electron chi connectivity index (χ0n) is 12.8. The Labute approximate surface area is 123 Å². The Hall–Kier alpha value is -1.12. The molecule has 1 aromatic carbocycles. The molecule has 0 aliphatic heterocycles. The normalized spacial score (nSPS) is 18.4. The molecule has 1 aliphatic carbocycles. The van der Waals surface area contributed by atoms with Gasteiger partial charge in [0.05, 0.1) is 6.04 Å². The van der Waals surface area contributed by atoms with Crippen LogP contribution in [0.4, 0.5) is 0 Å². The van der Waals surface area contributed by atoms with Gasteiger partial charge in [0.25, 0.3) is 0 Å². The van der Waals surface area contributed by atoms with Crippen LogP contribution in [-0.4, -0.2) is 19.7 Å². The van der Waals surface area contributed by atoms with Crippen LogP contribution in [-0.2, 0) is 4.74 Å². The quantitative estimate of drug-likeness (QED) is 0.750. The van der Waals surface area contributed by atoms with E-state index >= 15 is 0 Å². The molecule has 0 amide bonds. The van der Waals surface area contributed by atoms with Gasteiger partial charge in [-0.15, -0.1) is 0 Å². The fourth-order valence-corrected chi connectivity index (χ4v) is 2.99. The van der Waals surface area contributed by atoms with Crippen molar-refractivity contribution in [3.8, 4) is 0 Å². The number of allylic oxidation sites excluding steroid dienone is 1. The average Bonchev–Trinajstić information content (AvgIpc) is 2.53. The molecule has 0 heterocycles. The summed E-state index contributed by atoms with van der Waals surface area (Å²) < 4.78 is 5.85. The molecule has 0 spiro atoms. The molecule has 110 valence electrons. The van der Waals surface area contributed by atoms with E-state index < -0.39 is 0 Å². The summed E-state index contributed by atoms with van der Waals surface area (Å²) in [4.78, 5) is 0. The van der Waals surface area contributed by atoms with Gasteiger partial charge in [-0.25, -0.2) is 0 Å². The smallest absolute Gasteiger partial charge is 0.101 e. The molecule has 20 heavy (non-hydrogen) atoms. The van der Waals surface area contributed by atoms with Crippen molar-refractivity contribution in [3.63, 3.8) is 0 Å². The van der Waals surface area contributed by atoms with E-state index in [9.17, 15) is 0 Å². The van der Waals surface area contributed by atoms with E-state index in [-0.39, 0.29) is 6.10 Å². The Morgan fingerprint density at radius 1 is 1.20 bits per heavy atom. The third-order valence-corrected chi connectivity index (χ3v) is 4.02. The van der Waals surface area contributed by atoms with Crippen LogP contribution in [0, 0.1) is 0 Å². The molecule has 2 rings (SSSR count). The molecule has 0 radical (unpaired) electrons. The van der Waals surface area contributed by atoms with Gasteiger partial charge in [0.1, 0.15) is 6.10 Å². The maximum atomic E-state index is 5.85. The third-order valence-electron chi connectivity index (χ3n) is 4.02. The number of hydrogen-bond donors (Lipinski definition) is 1. The van der Waals surface area contributed by atoms with Crippen molar-refractivity contribution in [2.45, 2.75) is 51.2 Å². The summed E-state index contributed by atoms with van der Waals surface area (Å²) >= 11 is 0. The summed E-state index contributed by atoms with van der Waals surface area (Å²) in [6.45, 7) is 3.25. The lowest BCUT2D eigenvalue weighted by Gasteiger charge is -2.31. The average molecular weight is 273 g/mol. The number of benzene rings is 1. The molecule has 0 saturated carbocycles. The largest absolute Gasteiger partial charge is 0.375 e. The van der Waals surface area contributed by atoms with Gasteiger partial charge in [-0.1, -0.05) is 48.9 Å². The molecule has 2 heteroatoms. The highest BCUT2D eigenvalue weighted by atomic mass is 16.5. The first-order valence-electron chi connectivity index (χ1n) is 7.87. The van der Waals surface area contributed by atoms with E-state index in [0.717, 1.165) is 13.0 Å². The highest BCUT2D eigenvalue weighted by Crippen LogP contribution is 2.30. The zero-order chi connectivity index (χ0) is 14.2. The number of nitrogens with one attached hydrogen (secondary N) is 1. The summed E-state index contributed by atoms with van der Waals surface area (Å²) in [7, 11) is 1.82. The Balaban J connectivity index is 2.21. The fraction of sp³-hybridized carbons (Fsp3) is 0.556. The second kappa shape index (κ2) is 8.23. The first-order chi connectivity index (χ1) is 9.86. The second-order valence-electron chi connectivity index (χ2n) is 5.52. The van der Waals surface area contributed by atoms with Gasteiger partial charge >= 0.3 is 0 Å². The Morgan fingerprint density at radius 2 is 2.00 bits per heavy atom. The monoisotopic (exact) mass is 273 g/mol. The summed E-state index contributed by atoms with van der Waals surface area (Å²) in [5.74, 6) is 0. The van der Waals surface area contributed by atoms with Gasteiger partial charge in [-0.05, 0) is 44.2 Å². The van der Waals surface area contributed by atoms with Crippen LogP contribution in [0.3, 0.4) is 0 Å². The minimum absolute atomic E-state index is 0.104. The lowest BCUT2D eigenvalue weighted by molar-refractivity contribution is 0.0772. The fourth-order valence-electron chi connectivity index (χ4n) is 2.99. The van der Waals surface area contributed by atoms with E-state index in [2.05, 4.69) is 48.6 Å².